The standard InChI is InChI=1S/C25H29N3O4S/c1-2-28-24-15-20(32-17-21-5-3-13-31-21)10-11-22(24)23(16-26)25(28)18-6-8-19(9-7-18)27-12-4-14-33(29)30/h6-11,15,21,27H,2-5,12-14,17H2,1H3,(H,29,30)/t21-/m1/s1. The number of hydrogen-bond acceptors (Lipinski definition) is 5. The summed E-state index contributed by atoms with van der Waals surface area (Å²) in [6, 6.07) is 16.3. The Balaban J connectivity index is 1.58. The van der Waals surface area contributed by atoms with Gasteiger partial charge in [-0.2, -0.15) is 5.26 Å². The third kappa shape index (κ3) is 5.38. The van der Waals surface area contributed by atoms with E-state index < -0.39 is 11.1 Å². The van der Waals surface area contributed by atoms with Crippen LogP contribution in [0.3, 0.4) is 0 Å². The minimum Gasteiger partial charge on any atom is -0.491 e. The van der Waals surface area contributed by atoms with Crippen LogP contribution in [0.1, 0.15) is 31.7 Å². The Hall–Kier alpha value is -2.86. The number of nitrogens with zero attached hydrogens (tertiary/aromatic N) is 2. The van der Waals surface area contributed by atoms with Crippen LogP contribution in [0.25, 0.3) is 22.2 Å². The van der Waals surface area contributed by atoms with E-state index in [1.165, 1.54) is 0 Å². The second-order valence-corrected chi connectivity index (χ2v) is 9.14. The number of benzene rings is 2. The Labute approximate surface area is 196 Å². The molecule has 2 N–H and O–H groups in total. The first-order valence-corrected chi connectivity index (χ1v) is 12.6. The molecule has 2 heterocycles. The van der Waals surface area contributed by atoms with Gasteiger partial charge in [-0.1, -0.05) is 12.1 Å². The summed E-state index contributed by atoms with van der Waals surface area (Å²) in [5, 5.41) is 14.2. The van der Waals surface area contributed by atoms with Crippen LogP contribution in [0.15, 0.2) is 42.5 Å². The van der Waals surface area contributed by atoms with E-state index in [1.54, 1.807) is 0 Å². The van der Waals surface area contributed by atoms with Crippen molar-refractivity contribution in [2.24, 2.45) is 0 Å². The SMILES string of the molecule is CCn1c(-c2ccc(NCCCS(=O)O)cc2)c(C#N)c2ccc(OC[C@H]3CCCO3)cc21. The fourth-order valence-corrected chi connectivity index (χ4v) is 4.69. The number of aromatic nitrogens is 1. The zero-order valence-corrected chi connectivity index (χ0v) is 19.6. The Kier molecular flexibility index (Phi) is 7.65. The lowest BCUT2D eigenvalue weighted by molar-refractivity contribution is 0.0680. The Morgan fingerprint density at radius 1 is 1.30 bits per heavy atom. The van der Waals surface area contributed by atoms with Crippen LogP contribution in [-0.2, 0) is 22.4 Å². The summed E-state index contributed by atoms with van der Waals surface area (Å²) in [5.41, 5.74) is 4.43. The summed E-state index contributed by atoms with van der Waals surface area (Å²) < 4.78 is 33.4. The van der Waals surface area contributed by atoms with Gasteiger partial charge in [0.2, 0.25) is 0 Å². The van der Waals surface area contributed by atoms with Gasteiger partial charge >= 0.3 is 0 Å². The van der Waals surface area contributed by atoms with Crippen molar-refractivity contribution in [1.82, 2.24) is 4.57 Å². The number of hydrogen-bond donors (Lipinski definition) is 2. The molecule has 174 valence electrons. The van der Waals surface area contributed by atoms with Crippen LogP contribution >= 0.6 is 0 Å². The molecule has 0 saturated carbocycles. The highest BCUT2D eigenvalue weighted by Crippen LogP contribution is 2.36. The molecular weight excluding hydrogens is 438 g/mol. The molecular formula is C25H29N3O4S. The molecule has 1 fully saturated rings. The molecule has 3 aromatic rings. The van der Waals surface area contributed by atoms with Crippen molar-refractivity contribution in [2.75, 3.05) is 30.8 Å². The first-order valence-electron chi connectivity index (χ1n) is 11.3. The zero-order valence-electron chi connectivity index (χ0n) is 18.8. The first-order chi connectivity index (χ1) is 16.1. The minimum absolute atomic E-state index is 0.154. The van der Waals surface area contributed by atoms with Crippen molar-refractivity contribution in [3.63, 3.8) is 0 Å². The van der Waals surface area contributed by atoms with Crippen molar-refractivity contribution in [2.45, 2.75) is 38.8 Å². The fourth-order valence-electron chi connectivity index (χ4n) is 4.30. The second kappa shape index (κ2) is 10.8. The van der Waals surface area contributed by atoms with E-state index in [0.29, 0.717) is 25.1 Å². The normalized spacial score (nSPS) is 16.6. The smallest absolute Gasteiger partial charge is 0.152 e. The van der Waals surface area contributed by atoms with Crippen LogP contribution in [0.2, 0.25) is 0 Å². The molecule has 1 aromatic heterocycles. The molecule has 0 radical (unpaired) electrons. The fraction of sp³-hybridized carbons (Fsp3) is 0.400. The highest BCUT2D eigenvalue weighted by molar-refractivity contribution is 7.79. The maximum absolute atomic E-state index is 10.8. The second-order valence-electron chi connectivity index (χ2n) is 8.09. The maximum Gasteiger partial charge on any atom is 0.152 e. The van der Waals surface area contributed by atoms with Gasteiger partial charge in [0.25, 0.3) is 0 Å². The third-order valence-electron chi connectivity index (χ3n) is 5.91. The van der Waals surface area contributed by atoms with E-state index in [-0.39, 0.29) is 11.9 Å². The largest absolute Gasteiger partial charge is 0.491 e. The summed E-state index contributed by atoms with van der Waals surface area (Å²) in [4.78, 5) is 0. The lowest BCUT2D eigenvalue weighted by atomic mass is 10.1. The van der Waals surface area contributed by atoms with E-state index >= 15 is 0 Å². The Morgan fingerprint density at radius 2 is 2.12 bits per heavy atom. The number of ether oxygens (including phenoxy) is 2. The highest BCUT2D eigenvalue weighted by atomic mass is 32.2. The van der Waals surface area contributed by atoms with Gasteiger partial charge in [-0.05, 0) is 56.0 Å². The monoisotopic (exact) mass is 467 g/mol. The average molecular weight is 468 g/mol. The van der Waals surface area contributed by atoms with Crippen molar-refractivity contribution < 1.29 is 18.2 Å². The van der Waals surface area contributed by atoms with E-state index in [2.05, 4.69) is 22.9 Å². The van der Waals surface area contributed by atoms with E-state index in [9.17, 15) is 9.47 Å². The summed E-state index contributed by atoms with van der Waals surface area (Å²) in [5.74, 6) is 1.04. The highest BCUT2D eigenvalue weighted by Gasteiger charge is 2.20. The molecule has 4 rings (SSSR count). The van der Waals surface area contributed by atoms with E-state index in [0.717, 1.165) is 59.6 Å². The van der Waals surface area contributed by atoms with Crippen molar-refractivity contribution in [1.29, 1.82) is 5.26 Å². The number of nitriles is 1. The van der Waals surface area contributed by atoms with Gasteiger partial charge in [0.1, 0.15) is 18.4 Å². The number of rotatable bonds is 10. The molecule has 8 heteroatoms. The van der Waals surface area contributed by atoms with Crippen LogP contribution in [0.5, 0.6) is 5.75 Å². The van der Waals surface area contributed by atoms with Crippen molar-refractivity contribution in [3.05, 3.63) is 48.0 Å². The minimum atomic E-state index is -1.76. The molecule has 0 bridgehead atoms. The zero-order chi connectivity index (χ0) is 23.2. The van der Waals surface area contributed by atoms with Crippen LogP contribution < -0.4 is 10.1 Å². The maximum atomic E-state index is 10.8. The molecule has 0 spiro atoms. The average Bonchev–Trinajstić information content (AvgIpc) is 3.46. The first kappa shape index (κ1) is 23.3. The predicted octanol–water partition coefficient (Wildman–Crippen LogP) is 4.78. The topological polar surface area (TPSA) is 96.5 Å². The van der Waals surface area contributed by atoms with Gasteiger partial charge in [-0.15, -0.1) is 0 Å². The molecule has 1 unspecified atom stereocenters. The Bertz CT molecular complexity index is 1160. The van der Waals surface area contributed by atoms with Crippen LogP contribution in [0, 0.1) is 11.3 Å². The number of anilines is 1. The molecule has 7 nitrogen and oxygen atoms in total. The summed E-state index contributed by atoms with van der Waals surface area (Å²) in [6.45, 7) is 4.77. The summed E-state index contributed by atoms with van der Waals surface area (Å²) in [6.07, 6.45) is 2.88. The van der Waals surface area contributed by atoms with Gasteiger partial charge < -0.3 is 23.9 Å². The third-order valence-corrected chi connectivity index (χ3v) is 6.55. The molecule has 1 saturated heterocycles. The van der Waals surface area contributed by atoms with Crippen molar-refractivity contribution >= 4 is 27.7 Å². The molecule has 33 heavy (non-hydrogen) atoms. The van der Waals surface area contributed by atoms with Gasteiger partial charge in [-0.3, -0.25) is 0 Å². The number of fused-ring (bicyclic) bond motifs is 1. The Morgan fingerprint density at radius 3 is 2.79 bits per heavy atom. The van der Waals surface area contributed by atoms with Crippen molar-refractivity contribution in [3.8, 4) is 23.1 Å². The van der Waals surface area contributed by atoms with Gasteiger partial charge in [0.05, 0.1) is 28.6 Å². The van der Waals surface area contributed by atoms with Gasteiger partial charge in [-0.25, -0.2) is 4.21 Å². The molecule has 2 atom stereocenters. The molecule has 0 aliphatic carbocycles. The van der Waals surface area contributed by atoms with E-state index in [1.807, 2.05) is 42.5 Å². The van der Waals surface area contributed by atoms with Crippen LogP contribution in [0.4, 0.5) is 5.69 Å². The molecule has 1 aliphatic rings. The summed E-state index contributed by atoms with van der Waals surface area (Å²) >= 11 is -1.76. The predicted molar refractivity (Wildman–Crippen MR) is 131 cm³/mol. The molecule has 2 aromatic carbocycles. The number of aryl methyl sites for hydroxylation is 1. The van der Waals surface area contributed by atoms with E-state index in [4.69, 9.17) is 14.0 Å². The quantitative estimate of drug-likeness (QED) is 0.329. The van der Waals surface area contributed by atoms with Gasteiger partial charge in [0, 0.05) is 36.8 Å². The van der Waals surface area contributed by atoms with Gasteiger partial charge in [0.15, 0.2) is 11.1 Å². The summed E-state index contributed by atoms with van der Waals surface area (Å²) in [7, 11) is 0. The molecule has 1 aliphatic heterocycles. The number of nitrogens with one attached hydrogen (secondary N) is 1. The lowest BCUT2D eigenvalue weighted by Crippen LogP contribution is -2.16. The lowest BCUT2D eigenvalue weighted by Gasteiger charge is -2.13. The van der Waals surface area contributed by atoms with Crippen LogP contribution in [-0.4, -0.2) is 44.9 Å². The molecule has 0 amide bonds.